The van der Waals surface area contributed by atoms with Crippen LogP contribution in [0.15, 0.2) is 97.1 Å². The molecule has 7 heteroatoms. The third kappa shape index (κ3) is 11.3. The number of rotatable bonds is 15. The van der Waals surface area contributed by atoms with Crippen LogP contribution >= 0.6 is 11.6 Å². The largest absolute Gasteiger partial charge is 0.326 e. The van der Waals surface area contributed by atoms with E-state index >= 15 is 0 Å². The van der Waals surface area contributed by atoms with Gasteiger partial charge in [0, 0.05) is 41.0 Å². The zero-order valence-corrected chi connectivity index (χ0v) is 26.6. The number of amides is 2. The predicted octanol–water partition coefficient (Wildman–Crippen LogP) is 7.08. The second kappa shape index (κ2) is 16.8. The molecule has 0 spiro atoms. The average molecular weight is 611 g/mol. The van der Waals surface area contributed by atoms with E-state index in [1.54, 1.807) is 0 Å². The van der Waals surface area contributed by atoms with Crippen LogP contribution in [0, 0.1) is 0 Å². The van der Waals surface area contributed by atoms with Crippen molar-refractivity contribution in [3.8, 4) is 0 Å². The average Bonchev–Trinajstić information content (AvgIpc) is 2.99. The minimum absolute atomic E-state index is 0.0661. The van der Waals surface area contributed by atoms with Gasteiger partial charge in [-0.05, 0) is 123 Å². The standard InChI is InChI=1S/C37H43ClN4O2/c1-26(39-21-19-29-9-15-35(16-10-29)41-28(3)43)23-31-7-13-33(14-8-31)37(44)42-36-17-11-32(12-18-36)24-27(2)40-22-20-30-5-4-6-34(38)25-30/h4-18,25-27,39-40H,19-24H2,1-3H3,(H,41,43)(H,42,44). The van der Waals surface area contributed by atoms with Gasteiger partial charge in [0.25, 0.3) is 5.91 Å². The van der Waals surface area contributed by atoms with Crippen molar-refractivity contribution in [2.75, 3.05) is 23.7 Å². The van der Waals surface area contributed by atoms with Crippen LogP contribution in [0.25, 0.3) is 0 Å². The number of anilines is 2. The minimum atomic E-state index is -0.115. The maximum atomic E-state index is 12.9. The van der Waals surface area contributed by atoms with Crippen molar-refractivity contribution in [1.82, 2.24) is 10.6 Å². The first kappa shape index (κ1) is 32.9. The molecule has 0 aliphatic heterocycles. The monoisotopic (exact) mass is 610 g/mol. The molecule has 4 N–H and O–H groups in total. The van der Waals surface area contributed by atoms with E-state index in [0.717, 1.165) is 55.2 Å². The second-order valence-electron chi connectivity index (χ2n) is 11.5. The van der Waals surface area contributed by atoms with Gasteiger partial charge in [0.1, 0.15) is 0 Å². The van der Waals surface area contributed by atoms with Crippen molar-refractivity contribution in [2.45, 2.75) is 58.5 Å². The summed E-state index contributed by atoms with van der Waals surface area (Å²) in [4.78, 5) is 24.0. The number of carbonyl (C=O) groups is 2. The topological polar surface area (TPSA) is 82.3 Å². The summed E-state index contributed by atoms with van der Waals surface area (Å²) in [5.41, 5.74) is 7.09. The highest BCUT2D eigenvalue weighted by Gasteiger charge is 2.09. The molecular formula is C37H43ClN4O2. The lowest BCUT2D eigenvalue weighted by Gasteiger charge is -2.15. The molecular weight excluding hydrogens is 568 g/mol. The molecule has 230 valence electrons. The Morgan fingerprint density at radius 1 is 0.636 bits per heavy atom. The summed E-state index contributed by atoms with van der Waals surface area (Å²) in [5, 5.41) is 13.7. The third-order valence-corrected chi connectivity index (χ3v) is 7.72. The number of hydrogen-bond acceptors (Lipinski definition) is 4. The van der Waals surface area contributed by atoms with E-state index in [4.69, 9.17) is 11.6 Å². The summed E-state index contributed by atoms with van der Waals surface area (Å²) in [6.45, 7) is 7.61. The molecule has 6 nitrogen and oxygen atoms in total. The Morgan fingerprint density at radius 2 is 1.14 bits per heavy atom. The van der Waals surface area contributed by atoms with Crippen LogP contribution in [0.2, 0.25) is 5.02 Å². The van der Waals surface area contributed by atoms with Crippen LogP contribution in [0.5, 0.6) is 0 Å². The van der Waals surface area contributed by atoms with Crippen LogP contribution < -0.4 is 21.3 Å². The first-order chi connectivity index (χ1) is 21.2. The van der Waals surface area contributed by atoms with E-state index in [0.29, 0.717) is 17.6 Å². The summed E-state index contributed by atoms with van der Waals surface area (Å²) in [5.74, 6) is -0.181. The third-order valence-electron chi connectivity index (χ3n) is 7.49. The van der Waals surface area contributed by atoms with Crippen LogP contribution in [0.3, 0.4) is 0 Å². The molecule has 0 saturated carbocycles. The quantitative estimate of drug-likeness (QED) is 0.116. The smallest absolute Gasteiger partial charge is 0.255 e. The summed E-state index contributed by atoms with van der Waals surface area (Å²) in [6.07, 6.45) is 3.63. The van der Waals surface area contributed by atoms with E-state index in [1.165, 1.54) is 29.2 Å². The molecule has 4 aromatic rings. The molecule has 0 bridgehead atoms. The predicted molar refractivity (Wildman–Crippen MR) is 183 cm³/mol. The van der Waals surface area contributed by atoms with Crippen LogP contribution in [-0.2, 0) is 30.5 Å². The van der Waals surface area contributed by atoms with Gasteiger partial charge in [-0.3, -0.25) is 9.59 Å². The normalized spacial score (nSPS) is 12.4. The molecule has 2 amide bonds. The molecule has 0 fully saturated rings. The first-order valence-corrected chi connectivity index (χ1v) is 15.7. The molecule has 0 heterocycles. The number of benzene rings is 4. The summed E-state index contributed by atoms with van der Waals surface area (Å²) in [6, 6.07) is 32.5. The number of nitrogens with one attached hydrogen (secondary N) is 4. The molecule has 0 aliphatic carbocycles. The van der Waals surface area contributed by atoms with E-state index in [-0.39, 0.29) is 11.8 Å². The number of hydrogen-bond donors (Lipinski definition) is 4. The Labute approximate surface area is 266 Å². The zero-order chi connectivity index (χ0) is 31.3. The highest BCUT2D eigenvalue weighted by atomic mass is 35.5. The van der Waals surface area contributed by atoms with Gasteiger partial charge in [0.2, 0.25) is 5.91 Å². The molecule has 4 rings (SSSR count). The summed E-state index contributed by atoms with van der Waals surface area (Å²) >= 11 is 6.08. The molecule has 0 radical (unpaired) electrons. The Kier molecular flexibility index (Phi) is 12.5. The minimum Gasteiger partial charge on any atom is -0.326 e. The van der Waals surface area contributed by atoms with Crippen LogP contribution in [0.4, 0.5) is 11.4 Å². The highest BCUT2D eigenvalue weighted by molar-refractivity contribution is 6.30. The fraction of sp³-hybridized carbons (Fsp3) is 0.297. The fourth-order valence-electron chi connectivity index (χ4n) is 5.15. The van der Waals surface area contributed by atoms with Crippen molar-refractivity contribution in [3.05, 3.63) is 130 Å². The van der Waals surface area contributed by atoms with Gasteiger partial charge in [0.15, 0.2) is 0 Å². The van der Waals surface area contributed by atoms with Crippen molar-refractivity contribution in [2.24, 2.45) is 0 Å². The van der Waals surface area contributed by atoms with E-state index < -0.39 is 0 Å². The SMILES string of the molecule is CC(=O)Nc1ccc(CCNC(C)Cc2ccc(C(=O)Nc3ccc(CC(C)NCCc4cccc(Cl)c4)cc3)cc2)cc1. The first-order valence-electron chi connectivity index (χ1n) is 15.3. The van der Waals surface area contributed by atoms with Gasteiger partial charge < -0.3 is 21.3 Å². The van der Waals surface area contributed by atoms with Gasteiger partial charge in [-0.2, -0.15) is 0 Å². The Balaban J connectivity index is 1.15. The fourth-order valence-corrected chi connectivity index (χ4v) is 5.36. The molecule has 0 aromatic heterocycles. The molecule has 4 aromatic carbocycles. The molecule has 2 atom stereocenters. The highest BCUT2D eigenvalue weighted by Crippen LogP contribution is 2.15. The second-order valence-corrected chi connectivity index (χ2v) is 11.9. The maximum absolute atomic E-state index is 12.9. The Morgan fingerprint density at radius 3 is 1.68 bits per heavy atom. The molecule has 0 saturated heterocycles. The van der Waals surface area contributed by atoms with Gasteiger partial charge in [-0.15, -0.1) is 0 Å². The summed E-state index contributed by atoms with van der Waals surface area (Å²) in [7, 11) is 0. The van der Waals surface area contributed by atoms with Crippen molar-refractivity contribution < 1.29 is 9.59 Å². The van der Waals surface area contributed by atoms with E-state index in [9.17, 15) is 9.59 Å². The number of halogens is 1. The van der Waals surface area contributed by atoms with Gasteiger partial charge in [-0.1, -0.05) is 60.1 Å². The Bertz CT molecular complexity index is 1490. The van der Waals surface area contributed by atoms with Gasteiger partial charge in [0.05, 0.1) is 0 Å². The van der Waals surface area contributed by atoms with E-state index in [1.807, 2.05) is 78.9 Å². The van der Waals surface area contributed by atoms with Crippen LogP contribution in [0.1, 0.15) is 53.4 Å². The number of carbonyl (C=O) groups excluding carboxylic acids is 2. The molecule has 44 heavy (non-hydrogen) atoms. The van der Waals surface area contributed by atoms with Crippen molar-refractivity contribution in [3.63, 3.8) is 0 Å². The lowest BCUT2D eigenvalue weighted by atomic mass is 10.0. The Hall–Kier alpha value is -3.97. The lowest BCUT2D eigenvalue weighted by Crippen LogP contribution is -2.30. The van der Waals surface area contributed by atoms with Crippen LogP contribution in [-0.4, -0.2) is 37.0 Å². The van der Waals surface area contributed by atoms with Gasteiger partial charge >= 0.3 is 0 Å². The van der Waals surface area contributed by atoms with Crippen molar-refractivity contribution in [1.29, 1.82) is 0 Å². The zero-order valence-electron chi connectivity index (χ0n) is 25.8. The van der Waals surface area contributed by atoms with Crippen molar-refractivity contribution >= 4 is 34.8 Å². The molecule has 0 aliphatic rings. The lowest BCUT2D eigenvalue weighted by molar-refractivity contribution is -0.114. The maximum Gasteiger partial charge on any atom is 0.255 e. The summed E-state index contributed by atoms with van der Waals surface area (Å²) < 4.78 is 0. The molecule has 2 unspecified atom stereocenters. The van der Waals surface area contributed by atoms with E-state index in [2.05, 4.69) is 53.3 Å². The van der Waals surface area contributed by atoms with Gasteiger partial charge in [-0.25, -0.2) is 0 Å².